The predicted molar refractivity (Wildman–Crippen MR) is 86.6 cm³/mol. The van der Waals surface area contributed by atoms with Crippen LogP contribution in [0.15, 0.2) is 6.07 Å². The average Bonchev–Trinajstić information content (AvgIpc) is 2.47. The van der Waals surface area contributed by atoms with Gasteiger partial charge in [0.2, 0.25) is 0 Å². The van der Waals surface area contributed by atoms with Gasteiger partial charge >= 0.3 is 0 Å². The highest BCUT2D eigenvalue weighted by Crippen LogP contribution is 2.41. The van der Waals surface area contributed by atoms with Crippen LogP contribution < -0.4 is 5.32 Å². The maximum atomic E-state index is 5.95. The number of methoxy groups -OCH3 is 1. The molecule has 1 aromatic heterocycles. The van der Waals surface area contributed by atoms with Crippen molar-refractivity contribution in [2.75, 3.05) is 19.0 Å². The fourth-order valence-electron chi connectivity index (χ4n) is 3.22. The lowest BCUT2D eigenvalue weighted by atomic mass is 9.78. The molecule has 2 unspecified atom stereocenters. The van der Waals surface area contributed by atoms with Crippen molar-refractivity contribution in [3.8, 4) is 0 Å². The summed E-state index contributed by atoms with van der Waals surface area (Å²) in [6, 6.07) is 2.06. The van der Waals surface area contributed by atoms with Gasteiger partial charge in [-0.3, -0.25) is 0 Å². The van der Waals surface area contributed by atoms with E-state index in [0.29, 0.717) is 11.8 Å². The molecule has 0 amide bonds. The van der Waals surface area contributed by atoms with Gasteiger partial charge in [0, 0.05) is 25.4 Å². The van der Waals surface area contributed by atoms with Crippen LogP contribution in [0.25, 0.3) is 0 Å². The molecule has 0 aliphatic heterocycles. The molecular formula is C17H29N3O. The van der Waals surface area contributed by atoms with Crippen LogP contribution in [0.2, 0.25) is 0 Å². The van der Waals surface area contributed by atoms with E-state index in [0.717, 1.165) is 36.7 Å². The average molecular weight is 291 g/mol. The molecule has 2 rings (SSSR count). The van der Waals surface area contributed by atoms with Crippen LogP contribution >= 0.6 is 0 Å². The number of nitrogens with one attached hydrogen (secondary N) is 1. The summed E-state index contributed by atoms with van der Waals surface area (Å²) < 4.78 is 5.95. The molecule has 2 atom stereocenters. The molecule has 1 aromatic rings. The summed E-state index contributed by atoms with van der Waals surface area (Å²) in [6.07, 6.45) is 4.48. The fourth-order valence-corrected chi connectivity index (χ4v) is 3.22. The van der Waals surface area contributed by atoms with E-state index in [9.17, 15) is 0 Å². The van der Waals surface area contributed by atoms with Crippen LogP contribution in [-0.2, 0) is 10.3 Å². The molecule has 0 aromatic carbocycles. The number of hydrogen-bond donors (Lipinski definition) is 1. The van der Waals surface area contributed by atoms with E-state index in [1.54, 1.807) is 7.11 Å². The van der Waals surface area contributed by atoms with Crippen LogP contribution in [-0.4, -0.2) is 23.6 Å². The molecule has 21 heavy (non-hydrogen) atoms. The SMILES string of the molecule is CCNc1cc(C(C)C)nc(C2(OC)CCCC(C)C2)n1. The van der Waals surface area contributed by atoms with E-state index in [1.165, 1.54) is 12.8 Å². The molecular weight excluding hydrogens is 262 g/mol. The Kier molecular flexibility index (Phi) is 5.20. The number of anilines is 1. The Hall–Kier alpha value is -1.16. The lowest BCUT2D eigenvalue weighted by molar-refractivity contribution is -0.0646. The van der Waals surface area contributed by atoms with E-state index in [2.05, 4.69) is 39.1 Å². The molecule has 0 bridgehead atoms. The molecule has 4 nitrogen and oxygen atoms in total. The van der Waals surface area contributed by atoms with Crippen molar-refractivity contribution in [3.63, 3.8) is 0 Å². The fraction of sp³-hybridized carbons (Fsp3) is 0.765. The van der Waals surface area contributed by atoms with Gasteiger partial charge in [-0.15, -0.1) is 0 Å². The third kappa shape index (κ3) is 3.54. The van der Waals surface area contributed by atoms with Crippen LogP contribution in [0.5, 0.6) is 0 Å². The monoisotopic (exact) mass is 291 g/mol. The van der Waals surface area contributed by atoms with E-state index in [4.69, 9.17) is 14.7 Å². The Morgan fingerprint density at radius 1 is 1.43 bits per heavy atom. The van der Waals surface area contributed by atoms with Crippen molar-refractivity contribution in [1.82, 2.24) is 9.97 Å². The molecule has 0 saturated heterocycles. The predicted octanol–water partition coefficient (Wildman–Crippen LogP) is 4.08. The van der Waals surface area contributed by atoms with Gasteiger partial charge in [-0.25, -0.2) is 9.97 Å². The first-order chi connectivity index (χ1) is 10.0. The summed E-state index contributed by atoms with van der Waals surface area (Å²) in [5, 5.41) is 3.33. The first-order valence-electron chi connectivity index (χ1n) is 8.19. The first kappa shape index (κ1) is 16.2. The maximum Gasteiger partial charge on any atom is 0.162 e. The Bertz CT molecular complexity index is 475. The molecule has 1 heterocycles. The van der Waals surface area contributed by atoms with Gasteiger partial charge in [-0.2, -0.15) is 0 Å². The van der Waals surface area contributed by atoms with Gasteiger partial charge in [0.05, 0.1) is 0 Å². The topological polar surface area (TPSA) is 47.0 Å². The van der Waals surface area contributed by atoms with Crippen molar-refractivity contribution < 1.29 is 4.74 Å². The highest BCUT2D eigenvalue weighted by atomic mass is 16.5. The van der Waals surface area contributed by atoms with E-state index < -0.39 is 0 Å². The van der Waals surface area contributed by atoms with E-state index in [-0.39, 0.29) is 5.60 Å². The summed E-state index contributed by atoms with van der Waals surface area (Å²) in [5.41, 5.74) is 0.776. The molecule has 1 saturated carbocycles. The second kappa shape index (κ2) is 6.73. The zero-order chi connectivity index (χ0) is 15.5. The lowest BCUT2D eigenvalue weighted by Crippen LogP contribution is -2.36. The van der Waals surface area contributed by atoms with Crippen LogP contribution in [0.1, 0.15) is 70.8 Å². The number of aromatic nitrogens is 2. The molecule has 0 spiro atoms. The molecule has 1 aliphatic carbocycles. The zero-order valence-corrected chi connectivity index (χ0v) is 14.1. The van der Waals surface area contributed by atoms with Gasteiger partial charge in [-0.05, 0) is 38.0 Å². The van der Waals surface area contributed by atoms with Gasteiger partial charge in [0.1, 0.15) is 11.4 Å². The van der Waals surface area contributed by atoms with Crippen molar-refractivity contribution in [2.45, 2.75) is 64.9 Å². The summed E-state index contributed by atoms with van der Waals surface area (Å²) in [4.78, 5) is 9.60. The van der Waals surface area contributed by atoms with Crippen LogP contribution in [0, 0.1) is 5.92 Å². The summed E-state index contributed by atoms with van der Waals surface area (Å²) >= 11 is 0. The summed E-state index contributed by atoms with van der Waals surface area (Å²) in [7, 11) is 1.80. The Morgan fingerprint density at radius 2 is 2.19 bits per heavy atom. The van der Waals surface area contributed by atoms with Gasteiger partial charge in [-0.1, -0.05) is 27.2 Å². The first-order valence-corrected chi connectivity index (χ1v) is 8.19. The Balaban J connectivity index is 2.44. The second-order valence-corrected chi connectivity index (χ2v) is 6.59. The van der Waals surface area contributed by atoms with Crippen LogP contribution in [0.3, 0.4) is 0 Å². The van der Waals surface area contributed by atoms with Crippen LogP contribution in [0.4, 0.5) is 5.82 Å². The van der Waals surface area contributed by atoms with Gasteiger partial charge in [0.25, 0.3) is 0 Å². The van der Waals surface area contributed by atoms with Crippen molar-refractivity contribution in [1.29, 1.82) is 0 Å². The highest BCUT2D eigenvalue weighted by molar-refractivity contribution is 5.37. The number of ether oxygens (including phenoxy) is 1. The third-order valence-electron chi connectivity index (χ3n) is 4.45. The number of nitrogens with zero attached hydrogens (tertiary/aromatic N) is 2. The summed E-state index contributed by atoms with van der Waals surface area (Å²) in [5.74, 6) is 2.83. The summed E-state index contributed by atoms with van der Waals surface area (Å²) in [6.45, 7) is 9.59. The molecule has 0 radical (unpaired) electrons. The van der Waals surface area contributed by atoms with Crippen molar-refractivity contribution in [2.24, 2.45) is 5.92 Å². The smallest absolute Gasteiger partial charge is 0.162 e. The normalized spacial score (nSPS) is 26.1. The Morgan fingerprint density at radius 3 is 2.76 bits per heavy atom. The zero-order valence-electron chi connectivity index (χ0n) is 14.1. The maximum absolute atomic E-state index is 5.95. The molecule has 4 heteroatoms. The van der Waals surface area contributed by atoms with Crippen molar-refractivity contribution >= 4 is 5.82 Å². The minimum absolute atomic E-state index is 0.313. The standard InChI is InChI=1S/C17H29N3O/c1-6-18-15-10-14(12(2)3)19-16(20-15)17(21-5)9-7-8-13(4)11-17/h10,12-13H,6-9,11H2,1-5H3,(H,18,19,20). The van der Waals surface area contributed by atoms with E-state index >= 15 is 0 Å². The molecule has 1 aliphatic rings. The number of rotatable bonds is 5. The molecule has 118 valence electrons. The largest absolute Gasteiger partial charge is 0.370 e. The third-order valence-corrected chi connectivity index (χ3v) is 4.45. The highest BCUT2D eigenvalue weighted by Gasteiger charge is 2.39. The van der Waals surface area contributed by atoms with Gasteiger partial charge < -0.3 is 10.1 Å². The lowest BCUT2D eigenvalue weighted by Gasteiger charge is -2.38. The second-order valence-electron chi connectivity index (χ2n) is 6.59. The van der Waals surface area contributed by atoms with Crippen molar-refractivity contribution in [3.05, 3.63) is 17.6 Å². The van der Waals surface area contributed by atoms with E-state index in [1.807, 2.05) is 0 Å². The van der Waals surface area contributed by atoms with Gasteiger partial charge in [0.15, 0.2) is 5.82 Å². The minimum Gasteiger partial charge on any atom is -0.370 e. The number of hydrogen-bond acceptors (Lipinski definition) is 4. The Labute approximate surface area is 128 Å². The quantitative estimate of drug-likeness (QED) is 0.888. The minimum atomic E-state index is -0.313. The molecule has 1 fully saturated rings. The molecule has 1 N–H and O–H groups in total.